The summed E-state index contributed by atoms with van der Waals surface area (Å²) in [5.74, 6) is 3.19. The van der Waals surface area contributed by atoms with E-state index in [0.717, 1.165) is 36.5 Å². The number of allylic oxidation sites excluding steroid dienone is 4. The second-order valence-corrected chi connectivity index (χ2v) is 9.78. The molecule has 0 amide bonds. The van der Waals surface area contributed by atoms with Crippen molar-refractivity contribution in [3.8, 4) is 0 Å². The summed E-state index contributed by atoms with van der Waals surface area (Å²) >= 11 is 0. The molecule has 2 nitrogen and oxygen atoms in total. The fourth-order valence-electron chi connectivity index (χ4n) is 7.30. The molecule has 0 bridgehead atoms. The van der Waals surface area contributed by atoms with Gasteiger partial charge in [-0.05, 0) is 85.9 Å². The van der Waals surface area contributed by atoms with Crippen molar-refractivity contribution >= 4 is 5.97 Å². The molecule has 0 aliphatic heterocycles. The Morgan fingerprint density at radius 3 is 2.64 bits per heavy atom. The van der Waals surface area contributed by atoms with Gasteiger partial charge >= 0.3 is 5.97 Å². The minimum Gasteiger partial charge on any atom is -0.481 e. The molecule has 0 aromatic rings. The fraction of sp³-hybridized carbons (Fsp3) is 0.783. The molecule has 0 saturated heterocycles. The second kappa shape index (κ2) is 6.28. The predicted octanol–water partition coefficient (Wildman–Crippen LogP) is 5.84. The van der Waals surface area contributed by atoms with Crippen molar-refractivity contribution in [3.63, 3.8) is 0 Å². The monoisotopic (exact) mass is 342 g/mol. The van der Waals surface area contributed by atoms with Crippen LogP contribution in [0, 0.1) is 40.4 Å². The molecule has 4 aliphatic carbocycles. The maximum absolute atomic E-state index is 10.9. The Labute approximate surface area is 152 Å². The Morgan fingerprint density at radius 2 is 1.84 bits per heavy atom. The van der Waals surface area contributed by atoms with E-state index in [1.165, 1.54) is 38.5 Å². The summed E-state index contributed by atoms with van der Waals surface area (Å²) in [7, 11) is 0. The van der Waals surface area contributed by atoms with E-state index in [-0.39, 0.29) is 0 Å². The van der Waals surface area contributed by atoms with Gasteiger partial charge in [-0.3, -0.25) is 4.79 Å². The number of carboxylic acids is 1. The second-order valence-electron chi connectivity index (χ2n) is 9.78. The summed E-state index contributed by atoms with van der Waals surface area (Å²) in [6.07, 6.45) is 20.3. The molecule has 0 spiro atoms. The minimum absolute atomic E-state index is 0.343. The molecule has 25 heavy (non-hydrogen) atoms. The zero-order valence-corrected chi connectivity index (χ0v) is 15.9. The quantitative estimate of drug-likeness (QED) is 0.651. The van der Waals surface area contributed by atoms with Gasteiger partial charge in [0.05, 0.1) is 0 Å². The molecule has 4 aliphatic rings. The van der Waals surface area contributed by atoms with Crippen LogP contribution in [0.3, 0.4) is 0 Å². The number of carbonyl (C=O) groups is 1. The molecular weight excluding hydrogens is 308 g/mol. The molecule has 0 heterocycles. The summed E-state index contributed by atoms with van der Waals surface area (Å²) in [5.41, 5.74) is 0.911. The summed E-state index contributed by atoms with van der Waals surface area (Å²) < 4.78 is 0. The van der Waals surface area contributed by atoms with E-state index in [2.05, 4.69) is 38.2 Å². The van der Waals surface area contributed by atoms with Crippen molar-refractivity contribution in [1.82, 2.24) is 0 Å². The SMILES string of the molecule is CC12CCC=CC1C=CC1C2CCC2(C)C1CC[C@@H]2CCCC(=O)O. The van der Waals surface area contributed by atoms with Crippen LogP contribution in [0.2, 0.25) is 0 Å². The molecule has 7 atom stereocenters. The number of hydrogen-bond donors (Lipinski definition) is 1. The van der Waals surface area contributed by atoms with Crippen molar-refractivity contribution in [3.05, 3.63) is 24.3 Å². The first-order valence-corrected chi connectivity index (χ1v) is 10.5. The predicted molar refractivity (Wildman–Crippen MR) is 101 cm³/mol. The van der Waals surface area contributed by atoms with Gasteiger partial charge < -0.3 is 5.11 Å². The molecule has 138 valence electrons. The first-order valence-electron chi connectivity index (χ1n) is 10.5. The van der Waals surface area contributed by atoms with Crippen molar-refractivity contribution in [2.45, 2.75) is 71.6 Å². The number of rotatable bonds is 4. The smallest absolute Gasteiger partial charge is 0.303 e. The highest BCUT2D eigenvalue weighted by atomic mass is 16.4. The average Bonchev–Trinajstić information content (AvgIpc) is 2.91. The van der Waals surface area contributed by atoms with E-state index < -0.39 is 5.97 Å². The van der Waals surface area contributed by atoms with Gasteiger partial charge in [-0.15, -0.1) is 0 Å². The number of hydrogen-bond acceptors (Lipinski definition) is 1. The third-order valence-electron chi connectivity index (χ3n) is 8.81. The molecule has 4 rings (SSSR count). The standard InChI is InChI=1S/C23H34O2/c1-22-14-4-3-6-16(22)9-11-18-19-12-10-17(7-5-8-21(24)25)23(19,2)15-13-20(18)22/h3,6,9,11,16-20H,4-5,7-8,10,12-15H2,1-2H3,(H,24,25)/t16?,17-,18?,19?,20?,22?,23?/m0/s1. The Bertz CT molecular complexity index is 591. The minimum atomic E-state index is -0.636. The lowest BCUT2D eigenvalue weighted by molar-refractivity contribution is -0.137. The largest absolute Gasteiger partial charge is 0.481 e. The number of carboxylic acid groups (broad SMARTS) is 1. The third kappa shape index (κ3) is 2.71. The molecule has 2 heteroatoms. The van der Waals surface area contributed by atoms with Crippen LogP contribution in [0.4, 0.5) is 0 Å². The van der Waals surface area contributed by atoms with Crippen LogP contribution < -0.4 is 0 Å². The zero-order chi connectivity index (χ0) is 17.7. The number of aliphatic carboxylic acids is 1. The first kappa shape index (κ1) is 17.4. The maximum Gasteiger partial charge on any atom is 0.303 e. The lowest BCUT2D eigenvalue weighted by Gasteiger charge is -2.57. The average molecular weight is 343 g/mol. The molecule has 2 fully saturated rings. The van der Waals surface area contributed by atoms with Gasteiger partial charge in [-0.25, -0.2) is 0 Å². The van der Waals surface area contributed by atoms with E-state index in [1.54, 1.807) is 0 Å². The fourth-order valence-corrected chi connectivity index (χ4v) is 7.30. The van der Waals surface area contributed by atoms with E-state index in [1.807, 2.05) is 0 Å². The molecule has 0 radical (unpaired) electrons. The van der Waals surface area contributed by atoms with Crippen molar-refractivity contribution < 1.29 is 9.90 Å². The Balaban J connectivity index is 1.53. The molecule has 2 saturated carbocycles. The van der Waals surface area contributed by atoms with Gasteiger partial charge in [0.2, 0.25) is 0 Å². The van der Waals surface area contributed by atoms with E-state index >= 15 is 0 Å². The van der Waals surface area contributed by atoms with Gasteiger partial charge in [-0.2, -0.15) is 0 Å². The lowest BCUT2D eigenvalue weighted by atomic mass is 9.47. The highest BCUT2D eigenvalue weighted by molar-refractivity contribution is 5.66. The van der Waals surface area contributed by atoms with Crippen LogP contribution in [-0.2, 0) is 4.79 Å². The van der Waals surface area contributed by atoms with Crippen LogP contribution in [0.5, 0.6) is 0 Å². The van der Waals surface area contributed by atoms with Crippen LogP contribution in [0.25, 0.3) is 0 Å². The molecule has 6 unspecified atom stereocenters. The van der Waals surface area contributed by atoms with Crippen LogP contribution in [0.15, 0.2) is 24.3 Å². The lowest BCUT2D eigenvalue weighted by Crippen LogP contribution is -2.50. The third-order valence-corrected chi connectivity index (χ3v) is 8.81. The molecular formula is C23H34O2. The van der Waals surface area contributed by atoms with Crippen molar-refractivity contribution in [1.29, 1.82) is 0 Å². The van der Waals surface area contributed by atoms with Crippen molar-refractivity contribution in [2.24, 2.45) is 40.4 Å². The first-order chi connectivity index (χ1) is 11.9. The summed E-state index contributed by atoms with van der Waals surface area (Å²) in [6.45, 7) is 5.10. The molecule has 1 N–H and O–H groups in total. The highest BCUT2D eigenvalue weighted by Crippen LogP contribution is 2.65. The highest BCUT2D eigenvalue weighted by Gasteiger charge is 2.57. The molecule has 0 aromatic carbocycles. The van der Waals surface area contributed by atoms with E-state index in [0.29, 0.717) is 23.2 Å². The molecule has 0 aromatic heterocycles. The Hall–Kier alpha value is -1.05. The van der Waals surface area contributed by atoms with Gasteiger partial charge in [-0.1, -0.05) is 38.2 Å². The van der Waals surface area contributed by atoms with Crippen molar-refractivity contribution in [2.75, 3.05) is 0 Å². The summed E-state index contributed by atoms with van der Waals surface area (Å²) in [6, 6.07) is 0. The topological polar surface area (TPSA) is 37.3 Å². The Morgan fingerprint density at radius 1 is 1.04 bits per heavy atom. The normalized spacial score (nSPS) is 47.8. The maximum atomic E-state index is 10.9. The number of fused-ring (bicyclic) bond motifs is 5. The van der Waals surface area contributed by atoms with Gasteiger partial charge in [0, 0.05) is 12.3 Å². The zero-order valence-electron chi connectivity index (χ0n) is 15.9. The van der Waals surface area contributed by atoms with Gasteiger partial charge in [0.15, 0.2) is 0 Å². The Kier molecular flexibility index (Phi) is 4.37. The van der Waals surface area contributed by atoms with Crippen LogP contribution in [0.1, 0.15) is 71.6 Å². The van der Waals surface area contributed by atoms with Crippen LogP contribution >= 0.6 is 0 Å². The van der Waals surface area contributed by atoms with Gasteiger partial charge in [0.25, 0.3) is 0 Å². The summed E-state index contributed by atoms with van der Waals surface area (Å²) in [4.78, 5) is 10.9. The van der Waals surface area contributed by atoms with Crippen LogP contribution in [-0.4, -0.2) is 11.1 Å². The summed E-state index contributed by atoms with van der Waals surface area (Å²) in [5, 5.41) is 8.96. The van der Waals surface area contributed by atoms with Gasteiger partial charge in [0.1, 0.15) is 0 Å². The van der Waals surface area contributed by atoms with E-state index in [9.17, 15) is 4.79 Å². The van der Waals surface area contributed by atoms with E-state index in [4.69, 9.17) is 5.11 Å².